The zero-order valence-corrected chi connectivity index (χ0v) is 13.9. The number of nitrogens with one attached hydrogen (secondary N) is 1. The fourth-order valence-corrected chi connectivity index (χ4v) is 2.65. The van der Waals surface area contributed by atoms with E-state index in [1.54, 1.807) is 29.2 Å². The summed E-state index contributed by atoms with van der Waals surface area (Å²) in [5.74, 6) is 0.0766. The van der Waals surface area contributed by atoms with Crippen molar-refractivity contribution in [2.75, 3.05) is 19.3 Å². The maximum absolute atomic E-state index is 12.1. The lowest BCUT2D eigenvalue weighted by molar-refractivity contribution is -0.132. The Hall–Kier alpha value is -1.40. The van der Waals surface area contributed by atoms with E-state index in [9.17, 15) is 13.2 Å². The highest BCUT2D eigenvalue weighted by Gasteiger charge is 2.17. The number of benzene rings is 1. The van der Waals surface area contributed by atoms with E-state index in [4.69, 9.17) is 0 Å². The normalized spacial score (nSPS) is 13.0. The second-order valence-corrected chi connectivity index (χ2v) is 7.04. The van der Waals surface area contributed by atoms with E-state index in [0.717, 1.165) is 5.56 Å². The average Bonchev–Trinajstić information content (AvgIpc) is 2.45. The minimum Gasteiger partial charge on any atom is -0.342 e. The molecule has 0 radical (unpaired) electrons. The molecular formula is C15H24N2O3S. The highest BCUT2D eigenvalue weighted by Crippen LogP contribution is 2.10. The minimum absolute atomic E-state index is 0.0766. The molecular weight excluding hydrogens is 288 g/mol. The molecule has 0 aliphatic rings. The molecule has 0 aliphatic heterocycles. The third-order valence-corrected chi connectivity index (χ3v) is 4.54. The van der Waals surface area contributed by atoms with Crippen LogP contribution in [0.4, 0.5) is 0 Å². The van der Waals surface area contributed by atoms with Crippen LogP contribution in [0, 0.1) is 0 Å². The van der Waals surface area contributed by atoms with Crippen molar-refractivity contribution in [3.8, 4) is 0 Å². The van der Waals surface area contributed by atoms with Crippen LogP contribution in [-0.2, 0) is 21.2 Å². The first-order valence-electron chi connectivity index (χ1n) is 7.10. The molecule has 1 rings (SSSR count). The molecule has 21 heavy (non-hydrogen) atoms. The molecule has 5 nitrogen and oxygen atoms in total. The number of hydrogen-bond donors (Lipinski definition) is 1. The van der Waals surface area contributed by atoms with Gasteiger partial charge in [-0.05, 0) is 38.5 Å². The van der Waals surface area contributed by atoms with E-state index < -0.39 is 9.84 Å². The van der Waals surface area contributed by atoms with Crippen LogP contribution in [0.25, 0.3) is 0 Å². The number of carbonyl (C=O) groups excluding carboxylic acids is 1. The van der Waals surface area contributed by atoms with E-state index >= 15 is 0 Å². The molecule has 1 N–H and O–H groups in total. The Morgan fingerprint density at radius 3 is 2.14 bits per heavy atom. The van der Waals surface area contributed by atoms with Crippen LogP contribution >= 0.6 is 0 Å². The van der Waals surface area contributed by atoms with E-state index in [1.807, 2.05) is 20.8 Å². The number of amides is 1. The molecule has 0 aromatic heterocycles. The lowest BCUT2D eigenvalue weighted by atomic mass is 10.2. The van der Waals surface area contributed by atoms with Crippen molar-refractivity contribution in [2.24, 2.45) is 0 Å². The van der Waals surface area contributed by atoms with Crippen LogP contribution in [0.5, 0.6) is 0 Å². The zero-order chi connectivity index (χ0) is 16.0. The highest BCUT2D eigenvalue weighted by atomic mass is 32.2. The molecule has 118 valence electrons. The maximum atomic E-state index is 12.1. The van der Waals surface area contributed by atoms with Gasteiger partial charge in [-0.15, -0.1) is 0 Å². The molecule has 0 aliphatic carbocycles. The van der Waals surface area contributed by atoms with Crippen molar-refractivity contribution in [3.63, 3.8) is 0 Å². The third-order valence-electron chi connectivity index (χ3n) is 3.41. The van der Waals surface area contributed by atoms with Crippen LogP contribution in [0.2, 0.25) is 0 Å². The molecule has 6 heteroatoms. The van der Waals surface area contributed by atoms with Gasteiger partial charge in [0, 0.05) is 25.9 Å². The molecule has 0 saturated carbocycles. The second kappa shape index (κ2) is 7.56. The minimum atomic E-state index is -3.16. The van der Waals surface area contributed by atoms with Gasteiger partial charge < -0.3 is 10.2 Å². The summed E-state index contributed by atoms with van der Waals surface area (Å²) in [6, 6.07) is 6.43. The smallest absolute Gasteiger partial charge is 0.239 e. The molecule has 1 amide bonds. The fraction of sp³-hybridized carbons (Fsp3) is 0.533. The summed E-state index contributed by atoms with van der Waals surface area (Å²) in [6.45, 7) is 7.68. The van der Waals surface area contributed by atoms with Crippen LogP contribution in [0.1, 0.15) is 26.3 Å². The van der Waals surface area contributed by atoms with Crippen molar-refractivity contribution in [1.82, 2.24) is 10.2 Å². The number of carbonyl (C=O) groups is 1. The SMILES string of the molecule is CCN(CC)C(=O)C(C)NCc1ccc(S(C)(=O)=O)cc1. The Bertz CT molecular complexity index is 563. The molecule has 0 fully saturated rings. The van der Waals surface area contributed by atoms with Crippen LogP contribution in [-0.4, -0.2) is 44.6 Å². The molecule has 1 unspecified atom stereocenters. The van der Waals surface area contributed by atoms with Gasteiger partial charge in [0.1, 0.15) is 0 Å². The molecule has 0 bridgehead atoms. The highest BCUT2D eigenvalue weighted by molar-refractivity contribution is 7.90. The largest absolute Gasteiger partial charge is 0.342 e. The maximum Gasteiger partial charge on any atom is 0.239 e. The first-order valence-corrected chi connectivity index (χ1v) is 8.99. The molecule has 0 saturated heterocycles. The number of nitrogens with zero attached hydrogens (tertiary/aromatic N) is 1. The number of sulfone groups is 1. The number of hydrogen-bond acceptors (Lipinski definition) is 4. The third kappa shape index (κ3) is 5.13. The van der Waals surface area contributed by atoms with E-state index in [2.05, 4.69) is 5.32 Å². The van der Waals surface area contributed by atoms with Crippen molar-refractivity contribution in [3.05, 3.63) is 29.8 Å². The second-order valence-electron chi connectivity index (χ2n) is 5.03. The summed E-state index contributed by atoms with van der Waals surface area (Å²) < 4.78 is 22.7. The van der Waals surface area contributed by atoms with Gasteiger partial charge in [-0.2, -0.15) is 0 Å². The molecule has 1 aromatic carbocycles. The van der Waals surface area contributed by atoms with Crippen molar-refractivity contribution < 1.29 is 13.2 Å². The lowest BCUT2D eigenvalue weighted by Crippen LogP contribution is -2.44. The van der Waals surface area contributed by atoms with Gasteiger partial charge in [-0.1, -0.05) is 12.1 Å². The zero-order valence-electron chi connectivity index (χ0n) is 13.1. The van der Waals surface area contributed by atoms with E-state index in [0.29, 0.717) is 24.5 Å². The Balaban J connectivity index is 2.61. The standard InChI is InChI=1S/C15H24N2O3S/c1-5-17(6-2)15(18)12(3)16-11-13-7-9-14(10-8-13)21(4,19)20/h7-10,12,16H,5-6,11H2,1-4H3. The predicted octanol–water partition coefficient (Wildman–Crippen LogP) is 1.44. The summed E-state index contributed by atoms with van der Waals surface area (Å²) in [5.41, 5.74) is 0.946. The predicted molar refractivity (Wildman–Crippen MR) is 83.8 cm³/mol. The van der Waals surface area contributed by atoms with Gasteiger partial charge in [-0.25, -0.2) is 8.42 Å². The molecule has 1 aromatic rings. The van der Waals surface area contributed by atoms with E-state index in [1.165, 1.54) is 6.26 Å². The quantitative estimate of drug-likeness (QED) is 0.827. The van der Waals surface area contributed by atoms with Gasteiger partial charge in [0.2, 0.25) is 5.91 Å². The van der Waals surface area contributed by atoms with Gasteiger partial charge in [-0.3, -0.25) is 4.79 Å². The Morgan fingerprint density at radius 2 is 1.71 bits per heavy atom. The summed E-state index contributed by atoms with van der Waals surface area (Å²) in [4.78, 5) is 14.2. The van der Waals surface area contributed by atoms with Crippen LogP contribution in [0.15, 0.2) is 29.2 Å². The lowest BCUT2D eigenvalue weighted by Gasteiger charge is -2.23. The Morgan fingerprint density at radius 1 is 1.19 bits per heavy atom. The monoisotopic (exact) mass is 312 g/mol. The first-order chi connectivity index (χ1) is 9.79. The summed E-state index contributed by atoms with van der Waals surface area (Å²) in [6.07, 6.45) is 1.19. The van der Waals surface area contributed by atoms with Crippen molar-refractivity contribution >= 4 is 15.7 Å². The Kier molecular flexibility index (Phi) is 6.36. The summed E-state index contributed by atoms with van der Waals surface area (Å²) in [5, 5.41) is 3.17. The molecule has 1 atom stereocenters. The topological polar surface area (TPSA) is 66.5 Å². The van der Waals surface area contributed by atoms with Crippen LogP contribution in [0.3, 0.4) is 0 Å². The molecule has 0 spiro atoms. The van der Waals surface area contributed by atoms with Crippen LogP contribution < -0.4 is 5.32 Å². The first kappa shape index (κ1) is 17.7. The Labute approximate surface area is 127 Å². The molecule has 0 heterocycles. The van der Waals surface area contributed by atoms with E-state index in [-0.39, 0.29) is 11.9 Å². The fourth-order valence-electron chi connectivity index (χ4n) is 2.02. The van der Waals surface area contributed by atoms with Gasteiger partial charge in [0.25, 0.3) is 0 Å². The van der Waals surface area contributed by atoms with Gasteiger partial charge in [0.15, 0.2) is 9.84 Å². The number of likely N-dealkylation sites (N-methyl/N-ethyl adjacent to an activating group) is 1. The van der Waals surface area contributed by atoms with Gasteiger partial charge >= 0.3 is 0 Å². The summed E-state index contributed by atoms with van der Waals surface area (Å²) in [7, 11) is -3.16. The van der Waals surface area contributed by atoms with Crippen molar-refractivity contribution in [2.45, 2.75) is 38.3 Å². The summed E-state index contributed by atoms with van der Waals surface area (Å²) >= 11 is 0. The number of rotatable bonds is 7. The van der Waals surface area contributed by atoms with Crippen molar-refractivity contribution in [1.29, 1.82) is 0 Å². The average molecular weight is 312 g/mol. The van der Waals surface area contributed by atoms with Gasteiger partial charge in [0.05, 0.1) is 10.9 Å².